The third kappa shape index (κ3) is 3.12. The van der Waals surface area contributed by atoms with E-state index in [0.717, 1.165) is 17.0 Å². The van der Waals surface area contributed by atoms with Crippen molar-refractivity contribution >= 4 is 29.4 Å². The second kappa shape index (κ2) is 7.31. The Bertz CT molecular complexity index is 1730. The van der Waals surface area contributed by atoms with Gasteiger partial charge < -0.3 is 14.0 Å². The number of benzene rings is 3. The molecule has 178 valence electrons. The van der Waals surface area contributed by atoms with Gasteiger partial charge in [0.2, 0.25) is 0 Å². The molecule has 2 aliphatic heterocycles. The molecule has 0 unspecified atom stereocenters. The summed E-state index contributed by atoms with van der Waals surface area (Å²) in [4.78, 5) is 18.7. The van der Waals surface area contributed by atoms with Crippen LogP contribution in [0.15, 0.2) is 48.5 Å². The lowest BCUT2D eigenvalue weighted by Crippen LogP contribution is -2.30. The molecule has 5 nitrogen and oxygen atoms in total. The summed E-state index contributed by atoms with van der Waals surface area (Å²) >= 11 is 0. The Morgan fingerprint density at radius 2 is 1.80 bits per heavy atom. The van der Waals surface area contributed by atoms with Gasteiger partial charge >= 0.3 is 0 Å². The molecule has 1 amide bonds. The predicted molar refractivity (Wildman–Crippen MR) is 128 cm³/mol. The molecule has 0 saturated carbocycles. The largest absolute Gasteiger partial charge is 0.331 e. The van der Waals surface area contributed by atoms with Crippen molar-refractivity contribution in [2.45, 2.75) is 18.5 Å². The summed E-state index contributed by atoms with van der Waals surface area (Å²) in [6.45, 7) is -0.0901. The number of nitrogens with zero attached hydrogens (tertiary/aromatic N) is 3. The normalized spacial score (nSPS) is 20.8. The minimum Gasteiger partial charge on any atom is -0.331 e. The number of imidazole rings is 1. The minimum absolute atomic E-state index is 0.0375. The average molecular weight is 498 g/mol. The van der Waals surface area contributed by atoms with Crippen LogP contribution < -0.4 is 5.30 Å². The number of hydrogen-bond donors (Lipinski definition) is 0. The smallest absolute Gasteiger partial charge is 0.254 e. The number of rotatable bonds is 2. The van der Waals surface area contributed by atoms with Crippen LogP contribution in [0.5, 0.6) is 0 Å². The van der Waals surface area contributed by atoms with E-state index in [0.29, 0.717) is 16.6 Å². The van der Waals surface area contributed by atoms with Crippen molar-refractivity contribution < 1.29 is 26.6 Å². The van der Waals surface area contributed by atoms with Gasteiger partial charge in [-0.05, 0) is 55.3 Å². The molecular weight excluding hydrogens is 474 g/mol. The van der Waals surface area contributed by atoms with Crippen molar-refractivity contribution in [2.24, 2.45) is 0 Å². The molecule has 0 fully saturated rings. The lowest BCUT2D eigenvalue weighted by Gasteiger charge is -2.23. The summed E-state index contributed by atoms with van der Waals surface area (Å²) in [5.74, 6) is -2.71. The van der Waals surface area contributed by atoms with E-state index in [-0.39, 0.29) is 34.2 Å². The summed E-state index contributed by atoms with van der Waals surface area (Å²) in [7, 11) is -3.05. The van der Waals surface area contributed by atoms with Gasteiger partial charge in [-0.1, -0.05) is 12.1 Å². The summed E-state index contributed by atoms with van der Waals surface area (Å²) in [6, 6.07) is 8.96. The standard InChI is InChI=1S/C26H21F3N3O2P/c1-31-22-12-21(24-14(26(31)33)5-4-6-16(24)27)32-20-9-13(7-8-19(20)30-25(22)32)15-10-18(29)23(11-17(15)28)35(2,3)34/h4-11,21-22H,12H2,1-3H3/t21-,22-/m1/s1/i1D3. The Labute approximate surface area is 203 Å². The van der Waals surface area contributed by atoms with E-state index < -0.39 is 49.6 Å². The second-order valence-corrected chi connectivity index (χ2v) is 12.5. The maximum Gasteiger partial charge on any atom is 0.254 e. The Kier molecular flexibility index (Phi) is 3.94. The first kappa shape index (κ1) is 18.9. The minimum atomic E-state index is -3.05. The molecule has 1 aromatic heterocycles. The molecule has 2 aliphatic rings. The Morgan fingerprint density at radius 1 is 1.00 bits per heavy atom. The Balaban J connectivity index is 1.59. The van der Waals surface area contributed by atoms with Crippen molar-refractivity contribution in [3.05, 3.63) is 82.9 Å². The fourth-order valence-electron chi connectivity index (χ4n) is 5.24. The van der Waals surface area contributed by atoms with E-state index in [1.807, 2.05) is 0 Å². The number of carbonyl (C=O) groups excluding carboxylic acids is 1. The number of halogens is 3. The third-order valence-electron chi connectivity index (χ3n) is 6.85. The van der Waals surface area contributed by atoms with E-state index in [1.165, 1.54) is 31.5 Å². The van der Waals surface area contributed by atoms with Crippen molar-refractivity contribution in [1.82, 2.24) is 14.5 Å². The maximum absolute atomic E-state index is 15.2. The van der Waals surface area contributed by atoms with Crippen LogP contribution >= 0.6 is 7.14 Å². The van der Waals surface area contributed by atoms with Gasteiger partial charge in [-0.3, -0.25) is 4.79 Å². The van der Waals surface area contributed by atoms with E-state index >= 15 is 8.78 Å². The molecular formula is C26H21F3N3O2P. The fourth-order valence-corrected chi connectivity index (χ4v) is 6.24. The average Bonchev–Trinajstić information content (AvgIpc) is 3.31. The van der Waals surface area contributed by atoms with Crippen LogP contribution in [0.4, 0.5) is 13.2 Å². The molecule has 9 heteroatoms. The van der Waals surface area contributed by atoms with Crippen LogP contribution in [-0.4, -0.2) is 40.7 Å². The fraction of sp³-hybridized carbons (Fsp3) is 0.231. The molecule has 0 radical (unpaired) electrons. The molecule has 3 aromatic carbocycles. The van der Waals surface area contributed by atoms with Crippen molar-refractivity contribution in [3.63, 3.8) is 0 Å². The van der Waals surface area contributed by atoms with Gasteiger partial charge in [-0.15, -0.1) is 0 Å². The molecule has 35 heavy (non-hydrogen) atoms. The first-order valence-electron chi connectivity index (χ1n) is 12.5. The zero-order valence-corrected chi connectivity index (χ0v) is 19.6. The topological polar surface area (TPSA) is 55.2 Å². The van der Waals surface area contributed by atoms with Crippen molar-refractivity contribution in [1.29, 1.82) is 0 Å². The lowest BCUT2D eigenvalue weighted by molar-refractivity contribution is 0.0734. The quantitative estimate of drug-likeness (QED) is 0.344. The lowest BCUT2D eigenvalue weighted by atomic mass is 9.98. The van der Waals surface area contributed by atoms with Crippen molar-refractivity contribution in [3.8, 4) is 11.1 Å². The van der Waals surface area contributed by atoms with Crippen LogP contribution in [0.1, 0.15) is 44.4 Å². The SMILES string of the molecule is [2H]C([2H])([2H])N1C(=O)c2cccc(F)c2[C@H]2C[C@@H]1c1nc3ccc(-c4cc(F)c(P(C)(C)=O)cc4F)cc3n12. The Morgan fingerprint density at radius 3 is 2.54 bits per heavy atom. The highest BCUT2D eigenvalue weighted by Gasteiger charge is 2.44. The van der Waals surface area contributed by atoms with Crippen LogP contribution in [0, 0.1) is 17.5 Å². The summed E-state index contributed by atoms with van der Waals surface area (Å²) in [5.41, 5.74) is 1.17. The zero-order valence-electron chi connectivity index (χ0n) is 21.7. The molecule has 0 saturated heterocycles. The van der Waals surface area contributed by atoms with Gasteiger partial charge in [0.05, 0.1) is 23.1 Å². The van der Waals surface area contributed by atoms with Gasteiger partial charge in [0.1, 0.15) is 30.4 Å². The van der Waals surface area contributed by atoms with Crippen LogP contribution in [-0.2, 0) is 4.57 Å². The number of aromatic nitrogens is 2. The summed E-state index contributed by atoms with van der Waals surface area (Å²) in [5, 5.41) is -0.184. The monoisotopic (exact) mass is 498 g/mol. The van der Waals surface area contributed by atoms with Gasteiger partial charge in [0, 0.05) is 39.5 Å². The first-order valence-corrected chi connectivity index (χ1v) is 13.6. The number of fused-ring (bicyclic) bond motifs is 9. The van der Waals surface area contributed by atoms with Crippen LogP contribution in [0.3, 0.4) is 0 Å². The molecule has 2 atom stereocenters. The van der Waals surface area contributed by atoms with Gasteiger partial charge in [-0.2, -0.15) is 0 Å². The van der Waals surface area contributed by atoms with Gasteiger partial charge in [0.15, 0.2) is 0 Å². The highest BCUT2D eigenvalue weighted by molar-refractivity contribution is 7.70. The summed E-state index contributed by atoms with van der Waals surface area (Å²) < 4.78 is 83.3. The molecule has 0 spiro atoms. The molecule has 0 aliphatic carbocycles. The molecule has 4 aromatic rings. The van der Waals surface area contributed by atoms with Gasteiger partial charge in [-0.25, -0.2) is 18.2 Å². The molecule has 2 bridgehead atoms. The predicted octanol–water partition coefficient (Wildman–Crippen LogP) is 5.49. The van der Waals surface area contributed by atoms with E-state index in [4.69, 9.17) is 4.11 Å². The van der Waals surface area contributed by atoms with Crippen molar-refractivity contribution in [2.75, 3.05) is 20.3 Å². The zero-order chi connectivity index (χ0) is 27.3. The molecule has 6 rings (SSSR count). The Hall–Kier alpha value is -3.38. The number of hydrogen-bond acceptors (Lipinski definition) is 3. The number of amides is 1. The molecule has 3 heterocycles. The highest BCUT2D eigenvalue weighted by Crippen LogP contribution is 2.48. The van der Waals surface area contributed by atoms with Crippen LogP contribution in [0.2, 0.25) is 0 Å². The van der Waals surface area contributed by atoms with Crippen LogP contribution in [0.25, 0.3) is 22.2 Å². The third-order valence-corrected chi connectivity index (χ3v) is 8.35. The van der Waals surface area contributed by atoms with E-state index in [9.17, 15) is 13.8 Å². The number of carbonyl (C=O) groups is 1. The summed E-state index contributed by atoms with van der Waals surface area (Å²) in [6.07, 6.45) is 0.0978. The van der Waals surface area contributed by atoms with E-state index in [1.54, 1.807) is 22.8 Å². The van der Waals surface area contributed by atoms with Gasteiger partial charge in [0.25, 0.3) is 5.91 Å². The first-order chi connectivity index (χ1) is 17.8. The molecule has 0 N–H and O–H groups in total. The maximum atomic E-state index is 15.2. The second-order valence-electron chi connectivity index (χ2n) is 9.32. The van der Waals surface area contributed by atoms with E-state index in [2.05, 4.69) is 4.98 Å². The highest BCUT2D eigenvalue weighted by atomic mass is 31.2.